The van der Waals surface area contributed by atoms with Gasteiger partial charge >= 0.3 is 6.03 Å². The third-order valence-corrected chi connectivity index (χ3v) is 7.09. The van der Waals surface area contributed by atoms with Crippen LogP contribution in [0.15, 0.2) is 29.4 Å². The molecule has 0 spiro atoms. The van der Waals surface area contributed by atoms with Gasteiger partial charge in [-0.2, -0.15) is 4.31 Å². The fraction of sp³-hybridized carbons (Fsp3) is 0.500. The molecule has 1 N–H and O–H groups in total. The molecule has 2 amide bonds. The van der Waals surface area contributed by atoms with E-state index < -0.39 is 10.0 Å². The van der Waals surface area contributed by atoms with Crippen LogP contribution < -0.4 is 14.8 Å². The van der Waals surface area contributed by atoms with E-state index in [0.29, 0.717) is 49.9 Å². The summed E-state index contributed by atoms with van der Waals surface area (Å²) in [6.45, 7) is 3.43. The zero-order valence-electron chi connectivity index (χ0n) is 18.3. The Kier molecular flexibility index (Phi) is 7.06. The van der Waals surface area contributed by atoms with E-state index >= 15 is 0 Å². The van der Waals surface area contributed by atoms with Gasteiger partial charge in [-0.15, -0.1) is 0 Å². The molecule has 3 rings (SSSR count). The second kappa shape index (κ2) is 9.56. The highest BCUT2D eigenvalue weighted by Gasteiger charge is 2.30. The number of nitrogens with zero attached hydrogens (tertiary/aromatic N) is 4. The first-order valence-corrected chi connectivity index (χ1v) is 11.4. The summed E-state index contributed by atoms with van der Waals surface area (Å²) in [6, 6.07) is 5.22. The van der Waals surface area contributed by atoms with Crippen LogP contribution in [0.25, 0.3) is 0 Å². The Bertz CT molecular complexity index is 1020. The number of aromatic nitrogens is 2. The maximum Gasteiger partial charge on any atom is 0.317 e. The van der Waals surface area contributed by atoms with Crippen LogP contribution in [0.3, 0.4) is 0 Å². The van der Waals surface area contributed by atoms with Crippen LogP contribution in [0.1, 0.15) is 17.8 Å². The number of hydrogen-bond acceptors (Lipinski definition) is 6. The first-order chi connectivity index (χ1) is 14.8. The quantitative estimate of drug-likeness (QED) is 0.711. The Hall–Kier alpha value is -2.79. The van der Waals surface area contributed by atoms with Crippen LogP contribution in [-0.2, 0) is 23.6 Å². The molecule has 0 radical (unpaired) electrons. The molecule has 1 aliphatic rings. The Labute approximate surface area is 182 Å². The number of carbonyl (C=O) groups is 1. The Balaban J connectivity index is 1.59. The number of methoxy groups -OCH3 is 2. The van der Waals surface area contributed by atoms with E-state index in [0.717, 1.165) is 5.56 Å². The van der Waals surface area contributed by atoms with Crippen LogP contribution in [0.2, 0.25) is 0 Å². The maximum absolute atomic E-state index is 12.9. The topological polar surface area (TPSA) is 106 Å². The van der Waals surface area contributed by atoms with E-state index in [9.17, 15) is 13.2 Å². The molecule has 1 aliphatic heterocycles. The summed E-state index contributed by atoms with van der Waals surface area (Å²) in [4.78, 5) is 18.4. The number of aryl methyl sites for hydroxylation is 2. The summed E-state index contributed by atoms with van der Waals surface area (Å²) in [5.41, 5.74) is 0.871. The summed E-state index contributed by atoms with van der Waals surface area (Å²) in [6.07, 6.45) is 2.07. The number of ether oxygens (including phenoxy) is 2. The van der Waals surface area contributed by atoms with E-state index in [1.165, 1.54) is 10.5 Å². The number of nitrogens with one attached hydrogen (secondary N) is 1. The van der Waals surface area contributed by atoms with Gasteiger partial charge in [0.05, 0.1) is 14.2 Å². The Morgan fingerprint density at radius 2 is 1.87 bits per heavy atom. The van der Waals surface area contributed by atoms with E-state index in [1.54, 1.807) is 43.7 Å². The largest absolute Gasteiger partial charge is 0.493 e. The molecule has 170 valence electrons. The molecule has 0 aliphatic carbocycles. The highest BCUT2D eigenvalue weighted by molar-refractivity contribution is 7.89. The number of amides is 2. The molecule has 11 heteroatoms. The molecule has 1 fully saturated rings. The standard InChI is InChI=1S/C20H29N5O5S/c1-15-22-19(14-23(15)2)31(27,28)25-9-5-8-24(10-11-25)20(26)21-13-16-6-7-17(29-3)18(12-16)30-4/h6-7,12,14H,5,8-11,13H2,1-4H3,(H,21,26). The first-order valence-electron chi connectivity index (χ1n) is 10.00. The van der Waals surface area contributed by atoms with E-state index in [-0.39, 0.29) is 17.6 Å². The van der Waals surface area contributed by atoms with Crippen molar-refractivity contribution >= 4 is 16.1 Å². The van der Waals surface area contributed by atoms with Gasteiger partial charge < -0.3 is 24.3 Å². The maximum atomic E-state index is 12.9. The molecule has 1 aromatic heterocycles. The zero-order chi connectivity index (χ0) is 22.6. The third-order valence-electron chi connectivity index (χ3n) is 5.32. The number of hydrogen-bond donors (Lipinski definition) is 1. The molecule has 2 heterocycles. The fourth-order valence-corrected chi connectivity index (χ4v) is 4.89. The van der Waals surface area contributed by atoms with Crippen LogP contribution in [0.5, 0.6) is 11.5 Å². The number of imidazole rings is 1. The normalized spacial score (nSPS) is 15.4. The lowest BCUT2D eigenvalue weighted by Crippen LogP contribution is -2.42. The average Bonchev–Trinajstić information content (AvgIpc) is 2.96. The van der Waals surface area contributed by atoms with Gasteiger partial charge in [-0.25, -0.2) is 18.2 Å². The Morgan fingerprint density at radius 3 is 2.52 bits per heavy atom. The summed E-state index contributed by atoms with van der Waals surface area (Å²) < 4.78 is 39.4. The predicted molar refractivity (Wildman–Crippen MR) is 115 cm³/mol. The van der Waals surface area contributed by atoms with Crippen molar-refractivity contribution in [3.8, 4) is 11.5 Å². The number of benzene rings is 1. The van der Waals surface area contributed by atoms with Crippen molar-refractivity contribution in [3.05, 3.63) is 35.8 Å². The van der Waals surface area contributed by atoms with Crippen molar-refractivity contribution < 1.29 is 22.7 Å². The second-order valence-corrected chi connectivity index (χ2v) is 9.21. The highest BCUT2D eigenvalue weighted by atomic mass is 32.2. The lowest BCUT2D eigenvalue weighted by Gasteiger charge is -2.22. The van der Waals surface area contributed by atoms with Crippen molar-refractivity contribution in [2.75, 3.05) is 40.4 Å². The van der Waals surface area contributed by atoms with Crippen molar-refractivity contribution in [3.63, 3.8) is 0 Å². The van der Waals surface area contributed by atoms with Gasteiger partial charge in [0.25, 0.3) is 10.0 Å². The molecule has 1 saturated heterocycles. The molecule has 0 bridgehead atoms. The molecule has 0 atom stereocenters. The van der Waals surface area contributed by atoms with Crippen LogP contribution in [0.4, 0.5) is 4.79 Å². The average molecular weight is 452 g/mol. The van der Waals surface area contributed by atoms with Crippen molar-refractivity contribution in [2.45, 2.75) is 24.9 Å². The van der Waals surface area contributed by atoms with Gasteiger partial charge in [0, 0.05) is 46.0 Å². The summed E-state index contributed by atoms with van der Waals surface area (Å²) >= 11 is 0. The Morgan fingerprint density at radius 1 is 1.13 bits per heavy atom. The van der Waals surface area contributed by atoms with Crippen LogP contribution >= 0.6 is 0 Å². The lowest BCUT2D eigenvalue weighted by molar-refractivity contribution is 0.200. The predicted octanol–water partition coefficient (Wildman–Crippen LogP) is 1.35. The smallest absolute Gasteiger partial charge is 0.317 e. The van der Waals surface area contributed by atoms with Gasteiger partial charge in [0.1, 0.15) is 5.82 Å². The van der Waals surface area contributed by atoms with Gasteiger partial charge in [-0.05, 0) is 31.0 Å². The van der Waals surface area contributed by atoms with Crippen LogP contribution in [0, 0.1) is 6.92 Å². The minimum absolute atomic E-state index is 0.0406. The fourth-order valence-electron chi connectivity index (χ4n) is 3.40. The molecular weight excluding hydrogens is 422 g/mol. The summed E-state index contributed by atoms with van der Waals surface area (Å²) in [7, 11) is 1.20. The molecular formula is C20H29N5O5S. The highest BCUT2D eigenvalue weighted by Crippen LogP contribution is 2.27. The van der Waals surface area contributed by atoms with Crippen LogP contribution in [-0.4, -0.2) is 73.6 Å². The number of carbonyl (C=O) groups excluding carboxylic acids is 1. The monoisotopic (exact) mass is 451 g/mol. The number of rotatable bonds is 6. The first kappa shape index (κ1) is 22.9. The summed E-state index contributed by atoms with van der Waals surface area (Å²) in [5.74, 6) is 1.84. The van der Waals surface area contributed by atoms with E-state index in [1.807, 2.05) is 12.1 Å². The molecule has 10 nitrogen and oxygen atoms in total. The molecule has 31 heavy (non-hydrogen) atoms. The molecule has 0 unspecified atom stereocenters. The van der Waals surface area contributed by atoms with Crippen molar-refractivity contribution in [2.24, 2.45) is 7.05 Å². The minimum atomic E-state index is -3.69. The molecule has 1 aromatic carbocycles. The van der Waals surface area contributed by atoms with Crippen molar-refractivity contribution in [1.82, 2.24) is 24.1 Å². The van der Waals surface area contributed by atoms with E-state index in [2.05, 4.69) is 10.3 Å². The SMILES string of the molecule is COc1ccc(CNC(=O)N2CCCN(S(=O)(=O)c3cn(C)c(C)n3)CC2)cc1OC. The molecule has 2 aromatic rings. The summed E-state index contributed by atoms with van der Waals surface area (Å²) in [5, 5.41) is 2.93. The number of sulfonamides is 1. The molecule has 0 saturated carbocycles. The third kappa shape index (κ3) is 5.10. The number of urea groups is 1. The van der Waals surface area contributed by atoms with E-state index in [4.69, 9.17) is 9.47 Å². The van der Waals surface area contributed by atoms with Gasteiger partial charge in [0.2, 0.25) is 0 Å². The van der Waals surface area contributed by atoms with Gasteiger partial charge in [0.15, 0.2) is 16.5 Å². The second-order valence-electron chi connectivity index (χ2n) is 7.33. The zero-order valence-corrected chi connectivity index (χ0v) is 19.1. The minimum Gasteiger partial charge on any atom is -0.493 e. The van der Waals surface area contributed by atoms with Gasteiger partial charge in [-0.3, -0.25) is 0 Å². The van der Waals surface area contributed by atoms with Crippen molar-refractivity contribution in [1.29, 1.82) is 0 Å². The van der Waals surface area contributed by atoms with Gasteiger partial charge in [-0.1, -0.05) is 6.07 Å². The lowest BCUT2D eigenvalue weighted by atomic mass is 10.2.